The van der Waals surface area contributed by atoms with E-state index in [9.17, 15) is 0 Å². The summed E-state index contributed by atoms with van der Waals surface area (Å²) in [6.07, 6.45) is 10.5. The highest BCUT2D eigenvalue weighted by molar-refractivity contribution is 5.86. The Balaban J connectivity index is 1.51. The molecule has 0 radical (unpaired) electrons. The first-order valence-corrected chi connectivity index (χ1v) is 8.50. The van der Waals surface area contributed by atoms with E-state index in [2.05, 4.69) is 38.5 Å². The topological polar surface area (TPSA) is 62.8 Å². The van der Waals surface area contributed by atoms with Crippen molar-refractivity contribution in [3.63, 3.8) is 0 Å². The van der Waals surface area contributed by atoms with Gasteiger partial charge in [-0.15, -0.1) is 0 Å². The first-order chi connectivity index (χ1) is 11.8. The minimum absolute atomic E-state index is 0.420. The van der Waals surface area contributed by atoms with Crippen molar-refractivity contribution in [2.24, 2.45) is 0 Å². The van der Waals surface area contributed by atoms with Gasteiger partial charge in [-0.2, -0.15) is 0 Å². The number of methoxy groups -OCH3 is 1. The fourth-order valence-electron chi connectivity index (χ4n) is 3.43. The average molecular weight is 322 g/mol. The lowest BCUT2D eigenvalue weighted by Gasteiger charge is -2.28. The number of nitrogens with one attached hydrogen (secondary N) is 2. The van der Waals surface area contributed by atoms with Crippen LogP contribution in [0.3, 0.4) is 0 Å². The van der Waals surface area contributed by atoms with Crippen LogP contribution >= 0.6 is 0 Å². The Labute approximate surface area is 141 Å². The zero-order valence-corrected chi connectivity index (χ0v) is 13.8. The standard InChI is InChI=1S/C19H22N4O/c1-24-16-6-4-15(5-7-16)22-19-10-18-14(12-21-19)9-17(23-18)13-3-2-8-20-11-13/h2-3,8-12,15-16,23H,4-7H2,1H3,(H,21,22). The molecule has 3 aromatic heterocycles. The highest BCUT2D eigenvalue weighted by Gasteiger charge is 2.21. The molecule has 3 aromatic rings. The largest absolute Gasteiger partial charge is 0.381 e. The van der Waals surface area contributed by atoms with E-state index in [4.69, 9.17) is 4.74 Å². The van der Waals surface area contributed by atoms with Crippen molar-refractivity contribution in [3.05, 3.63) is 42.9 Å². The van der Waals surface area contributed by atoms with Crippen LogP contribution in [0, 0.1) is 0 Å². The Morgan fingerprint density at radius 3 is 2.79 bits per heavy atom. The molecular weight excluding hydrogens is 300 g/mol. The van der Waals surface area contributed by atoms with E-state index < -0.39 is 0 Å². The maximum absolute atomic E-state index is 5.44. The Bertz CT molecular complexity index is 807. The maximum Gasteiger partial charge on any atom is 0.128 e. The van der Waals surface area contributed by atoms with Crippen molar-refractivity contribution in [2.75, 3.05) is 12.4 Å². The van der Waals surface area contributed by atoms with Crippen LogP contribution in [0.15, 0.2) is 42.9 Å². The molecule has 0 unspecified atom stereocenters. The second kappa shape index (κ2) is 6.61. The summed E-state index contributed by atoms with van der Waals surface area (Å²) < 4.78 is 5.44. The molecule has 3 heterocycles. The molecule has 5 nitrogen and oxygen atoms in total. The molecule has 0 aromatic carbocycles. The van der Waals surface area contributed by atoms with Gasteiger partial charge in [0, 0.05) is 54.5 Å². The van der Waals surface area contributed by atoms with Crippen LogP contribution in [0.25, 0.3) is 22.2 Å². The Kier molecular flexibility index (Phi) is 4.17. The molecule has 0 atom stereocenters. The number of hydrogen-bond donors (Lipinski definition) is 2. The summed E-state index contributed by atoms with van der Waals surface area (Å²) >= 11 is 0. The summed E-state index contributed by atoms with van der Waals surface area (Å²) in [4.78, 5) is 12.2. The minimum Gasteiger partial charge on any atom is -0.381 e. The highest BCUT2D eigenvalue weighted by Crippen LogP contribution is 2.26. The number of pyridine rings is 2. The number of aromatic nitrogens is 3. The first kappa shape index (κ1) is 15.1. The van der Waals surface area contributed by atoms with Gasteiger partial charge in [0.2, 0.25) is 0 Å². The minimum atomic E-state index is 0.420. The predicted octanol–water partition coefficient (Wildman–Crippen LogP) is 3.99. The highest BCUT2D eigenvalue weighted by atomic mass is 16.5. The van der Waals surface area contributed by atoms with Gasteiger partial charge < -0.3 is 15.0 Å². The monoisotopic (exact) mass is 322 g/mol. The molecule has 0 bridgehead atoms. The van der Waals surface area contributed by atoms with Crippen molar-refractivity contribution in [2.45, 2.75) is 37.8 Å². The first-order valence-electron chi connectivity index (χ1n) is 8.50. The average Bonchev–Trinajstić information content (AvgIpc) is 3.06. The SMILES string of the molecule is COC1CCC(Nc2cc3[nH]c(-c4cccnc4)cc3cn2)CC1. The van der Waals surface area contributed by atoms with E-state index in [-0.39, 0.29) is 0 Å². The van der Waals surface area contributed by atoms with Gasteiger partial charge in [0.25, 0.3) is 0 Å². The third-order valence-electron chi connectivity index (χ3n) is 4.84. The number of hydrogen-bond acceptors (Lipinski definition) is 4. The van der Waals surface area contributed by atoms with Crippen LogP contribution in [-0.2, 0) is 4.74 Å². The molecular formula is C19H22N4O. The van der Waals surface area contributed by atoms with Crippen molar-refractivity contribution >= 4 is 16.7 Å². The molecule has 124 valence electrons. The van der Waals surface area contributed by atoms with Gasteiger partial charge >= 0.3 is 0 Å². The molecule has 1 aliphatic carbocycles. The Hall–Kier alpha value is -2.40. The van der Waals surface area contributed by atoms with Crippen LogP contribution in [0.4, 0.5) is 5.82 Å². The van der Waals surface area contributed by atoms with Gasteiger partial charge in [0.05, 0.1) is 11.6 Å². The molecule has 24 heavy (non-hydrogen) atoms. The molecule has 2 N–H and O–H groups in total. The van der Waals surface area contributed by atoms with E-state index in [0.29, 0.717) is 12.1 Å². The van der Waals surface area contributed by atoms with Crippen molar-refractivity contribution in [1.29, 1.82) is 0 Å². The number of H-pyrrole nitrogens is 1. The number of rotatable bonds is 4. The van der Waals surface area contributed by atoms with Crippen molar-refractivity contribution < 1.29 is 4.74 Å². The van der Waals surface area contributed by atoms with E-state index >= 15 is 0 Å². The number of ether oxygens (including phenoxy) is 1. The van der Waals surface area contributed by atoms with Crippen LogP contribution < -0.4 is 5.32 Å². The molecule has 0 aliphatic heterocycles. The molecule has 0 saturated heterocycles. The molecule has 1 saturated carbocycles. The molecule has 1 fully saturated rings. The quantitative estimate of drug-likeness (QED) is 0.762. The lowest BCUT2D eigenvalue weighted by molar-refractivity contribution is 0.0681. The lowest BCUT2D eigenvalue weighted by atomic mass is 9.93. The molecule has 5 heteroatoms. The van der Waals surface area contributed by atoms with Gasteiger partial charge in [-0.1, -0.05) is 0 Å². The fourth-order valence-corrected chi connectivity index (χ4v) is 3.43. The van der Waals surface area contributed by atoms with Gasteiger partial charge in [-0.05, 0) is 43.9 Å². The predicted molar refractivity (Wildman–Crippen MR) is 96.0 cm³/mol. The van der Waals surface area contributed by atoms with Gasteiger partial charge in [0.1, 0.15) is 5.82 Å². The van der Waals surface area contributed by atoms with Crippen LogP contribution in [0.5, 0.6) is 0 Å². The van der Waals surface area contributed by atoms with Crippen LogP contribution in [-0.4, -0.2) is 34.2 Å². The van der Waals surface area contributed by atoms with Crippen LogP contribution in [0.1, 0.15) is 25.7 Å². The summed E-state index contributed by atoms with van der Waals surface area (Å²) in [6.45, 7) is 0. The zero-order chi connectivity index (χ0) is 16.4. The Morgan fingerprint density at radius 1 is 1.17 bits per heavy atom. The van der Waals surface area contributed by atoms with E-state index in [1.54, 1.807) is 13.3 Å². The smallest absolute Gasteiger partial charge is 0.128 e. The number of nitrogens with zero attached hydrogens (tertiary/aromatic N) is 2. The molecule has 1 aliphatic rings. The summed E-state index contributed by atoms with van der Waals surface area (Å²) in [6, 6.07) is 8.69. The van der Waals surface area contributed by atoms with E-state index in [1.807, 2.05) is 18.5 Å². The van der Waals surface area contributed by atoms with E-state index in [1.165, 1.54) is 0 Å². The number of aromatic amines is 1. The van der Waals surface area contributed by atoms with Crippen molar-refractivity contribution in [1.82, 2.24) is 15.0 Å². The molecule has 0 amide bonds. The van der Waals surface area contributed by atoms with Gasteiger partial charge in [-0.25, -0.2) is 4.98 Å². The summed E-state index contributed by atoms with van der Waals surface area (Å²) in [5.74, 6) is 0.933. The maximum atomic E-state index is 5.44. The second-order valence-electron chi connectivity index (χ2n) is 6.44. The number of anilines is 1. The summed E-state index contributed by atoms with van der Waals surface area (Å²) in [7, 11) is 1.80. The second-order valence-corrected chi connectivity index (χ2v) is 6.44. The Morgan fingerprint density at radius 2 is 2.04 bits per heavy atom. The van der Waals surface area contributed by atoms with Gasteiger partial charge in [-0.3, -0.25) is 4.98 Å². The van der Waals surface area contributed by atoms with E-state index in [0.717, 1.165) is 53.7 Å². The van der Waals surface area contributed by atoms with Crippen LogP contribution in [0.2, 0.25) is 0 Å². The third kappa shape index (κ3) is 3.12. The van der Waals surface area contributed by atoms with Gasteiger partial charge in [0.15, 0.2) is 0 Å². The normalized spacial score (nSPS) is 21.0. The zero-order valence-electron chi connectivity index (χ0n) is 13.8. The summed E-state index contributed by atoms with van der Waals surface area (Å²) in [5, 5.41) is 4.68. The van der Waals surface area contributed by atoms with Crippen molar-refractivity contribution in [3.8, 4) is 11.3 Å². The lowest BCUT2D eigenvalue weighted by Crippen LogP contribution is -2.29. The number of fused-ring (bicyclic) bond motifs is 1. The molecule has 4 rings (SSSR count). The fraction of sp³-hybridized carbons (Fsp3) is 0.368. The summed E-state index contributed by atoms with van der Waals surface area (Å²) in [5.41, 5.74) is 3.25. The third-order valence-corrected chi connectivity index (χ3v) is 4.84. The molecule has 0 spiro atoms.